The van der Waals surface area contributed by atoms with Crippen LogP contribution in [0.2, 0.25) is 0 Å². The minimum Gasteiger partial charge on any atom is -0.507 e. The van der Waals surface area contributed by atoms with Crippen molar-refractivity contribution in [3.8, 4) is 16.9 Å². The molecule has 1 aliphatic heterocycles. The van der Waals surface area contributed by atoms with Crippen LogP contribution in [0.1, 0.15) is 12.5 Å². The molecule has 0 radical (unpaired) electrons. The van der Waals surface area contributed by atoms with Crippen molar-refractivity contribution in [2.75, 3.05) is 12.4 Å². The summed E-state index contributed by atoms with van der Waals surface area (Å²) in [5.74, 6) is 0.317. The Morgan fingerprint density at radius 2 is 2.05 bits per heavy atom. The lowest BCUT2D eigenvalue weighted by Gasteiger charge is -2.09. The van der Waals surface area contributed by atoms with E-state index in [0.29, 0.717) is 5.75 Å². The molecule has 0 amide bonds. The van der Waals surface area contributed by atoms with Crippen molar-refractivity contribution in [2.24, 2.45) is 4.99 Å². The van der Waals surface area contributed by atoms with Gasteiger partial charge in [0.2, 0.25) is 0 Å². The van der Waals surface area contributed by atoms with E-state index in [1.807, 2.05) is 50.4 Å². The first-order valence-corrected chi connectivity index (χ1v) is 6.35. The van der Waals surface area contributed by atoms with E-state index in [9.17, 15) is 5.11 Å². The maximum absolute atomic E-state index is 10.2. The maximum atomic E-state index is 10.2. The number of anilines is 1. The van der Waals surface area contributed by atoms with Gasteiger partial charge in [-0.3, -0.25) is 4.99 Å². The summed E-state index contributed by atoms with van der Waals surface area (Å²) in [5, 5.41) is 13.3. The van der Waals surface area contributed by atoms with Crippen molar-refractivity contribution in [2.45, 2.75) is 13.3 Å². The molecular formula is C16H16N2O. The van der Waals surface area contributed by atoms with Crippen molar-refractivity contribution < 1.29 is 5.11 Å². The second kappa shape index (κ2) is 4.43. The van der Waals surface area contributed by atoms with E-state index in [0.717, 1.165) is 40.2 Å². The third-order valence-electron chi connectivity index (χ3n) is 3.42. The van der Waals surface area contributed by atoms with Crippen molar-refractivity contribution in [3.05, 3.63) is 42.0 Å². The molecule has 0 atom stereocenters. The van der Waals surface area contributed by atoms with E-state index < -0.39 is 0 Å². The lowest BCUT2D eigenvalue weighted by atomic mass is 10.00. The van der Waals surface area contributed by atoms with E-state index in [1.54, 1.807) is 0 Å². The molecule has 0 bridgehead atoms. The van der Waals surface area contributed by atoms with Gasteiger partial charge in [-0.05, 0) is 42.3 Å². The topological polar surface area (TPSA) is 44.6 Å². The van der Waals surface area contributed by atoms with E-state index in [-0.39, 0.29) is 0 Å². The average molecular weight is 252 g/mol. The summed E-state index contributed by atoms with van der Waals surface area (Å²) in [7, 11) is 1.88. The molecule has 2 aromatic rings. The van der Waals surface area contributed by atoms with Crippen molar-refractivity contribution >= 4 is 17.1 Å². The number of hydrogen-bond donors (Lipinski definition) is 2. The zero-order valence-corrected chi connectivity index (χ0v) is 11.1. The summed E-state index contributed by atoms with van der Waals surface area (Å²) in [6.45, 7) is 2.01. The average Bonchev–Trinajstić information content (AvgIpc) is 2.77. The largest absolute Gasteiger partial charge is 0.507 e. The summed E-state index contributed by atoms with van der Waals surface area (Å²) in [5.41, 5.74) is 6.01. The number of rotatable bonds is 2. The number of nitrogens with zero attached hydrogens (tertiary/aromatic N) is 1. The van der Waals surface area contributed by atoms with Crippen LogP contribution in [0.25, 0.3) is 11.1 Å². The number of phenols is 1. The van der Waals surface area contributed by atoms with Crippen LogP contribution in [0.4, 0.5) is 11.4 Å². The lowest BCUT2D eigenvalue weighted by molar-refractivity contribution is 0.477. The van der Waals surface area contributed by atoms with Crippen LogP contribution in [0.15, 0.2) is 41.4 Å². The molecule has 3 rings (SSSR count). The zero-order chi connectivity index (χ0) is 13.4. The molecule has 0 saturated carbocycles. The molecule has 3 nitrogen and oxygen atoms in total. The highest BCUT2D eigenvalue weighted by Crippen LogP contribution is 2.38. The minimum absolute atomic E-state index is 0.317. The summed E-state index contributed by atoms with van der Waals surface area (Å²) in [4.78, 5) is 4.51. The molecule has 0 aliphatic carbocycles. The predicted octanol–water partition coefficient (Wildman–Crippen LogP) is 3.75. The van der Waals surface area contributed by atoms with Crippen molar-refractivity contribution in [1.82, 2.24) is 0 Å². The van der Waals surface area contributed by atoms with Gasteiger partial charge in [0.25, 0.3) is 0 Å². The quantitative estimate of drug-likeness (QED) is 0.855. The third kappa shape index (κ3) is 2.08. The Morgan fingerprint density at radius 1 is 1.21 bits per heavy atom. The molecule has 0 unspecified atom stereocenters. The van der Waals surface area contributed by atoms with E-state index in [4.69, 9.17) is 0 Å². The SMILES string of the molecule is CNc1cccc(-c2cc3c(cc2O)CC(C)=N3)c1. The van der Waals surface area contributed by atoms with E-state index in [2.05, 4.69) is 10.3 Å². The van der Waals surface area contributed by atoms with Gasteiger partial charge in [0.05, 0.1) is 5.69 Å². The first-order valence-electron chi connectivity index (χ1n) is 6.35. The number of nitrogens with one attached hydrogen (secondary N) is 1. The molecular weight excluding hydrogens is 236 g/mol. The molecule has 0 aromatic heterocycles. The third-order valence-corrected chi connectivity index (χ3v) is 3.42. The Balaban J connectivity index is 2.12. The molecule has 2 N–H and O–H groups in total. The highest BCUT2D eigenvalue weighted by atomic mass is 16.3. The van der Waals surface area contributed by atoms with Gasteiger partial charge in [-0.2, -0.15) is 0 Å². The van der Waals surface area contributed by atoms with Crippen LogP contribution >= 0.6 is 0 Å². The van der Waals surface area contributed by atoms with Gasteiger partial charge >= 0.3 is 0 Å². The Kier molecular flexibility index (Phi) is 2.75. The number of hydrogen-bond acceptors (Lipinski definition) is 3. The highest BCUT2D eigenvalue weighted by molar-refractivity contribution is 5.93. The standard InChI is InChI=1S/C16H16N2O/c1-10-6-12-8-16(19)14(9-15(12)18-10)11-4-3-5-13(7-11)17-2/h3-5,7-9,17,19H,6H2,1-2H3. The maximum Gasteiger partial charge on any atom is 0.123 e. The van der Waals surface area contributed by atoms with Gasteiger partial charge in [-0.1, -0.05) is 12.1 Å². The molecule has 0 fully saturated rings. The normalized spacial score (nSPS) is 13.1. The molecule has 1 aliphatic rings. The van der Waals surface area contributed by atoms with E-state index >= 15 is 0 Å². The first-order chi connectivity index (χ1) is 9.17. The Bertz CT molecular complexity index is 674. The molecule has 19 heavy (non-hydrogen) atoms. The number of aromatic hydroxyl groups is 1. The van der Waals surface area contributed by atoms with Crippen LogP contribution in [-0.2, 0) is 6.42 Å². The fourth-order valence-electron chi connectivity index (χ4n) is 2.46. The molecule has 96 valence electrons. The van der Waals surface area contributed by atoms with Gasteiger partial charge in [-0.15, -0.1) is 0 Å². The molecule has 1 heterocycles. The van der Waals surface area contributed by atoms with E-state index in [1.165, 1.54) is 0 Å². The van der Waals surface area contributed by atoms with Gasteiger partial charge < -0.3 is 10.4 Å². The summed E-state index contributed by atoms with van der Waals surface area (Å²) in [6.07, 6.45) is 0.833. The number of aliphatic imine (C=N–C) groups is 1. The second-order valence-corrected chi connectivity index (χ2v) is 4.85. The Morgan fingerprint density at radius 3 is 2.84 bits per heavy atom. The summed E-state index contributed by atoms with van der Waals surface area (Å²) >= 11 is 0. The monoisotopic (exact) mass is 252 g/mol. The van der Waals surface area contributed by atoms with Crippen LogP contribution in [0.5, 0.6) is 5.75 Å². The van der Waals surface area contributed by atoms with Crippen LogP contribution in [0, 0.1) is 0 Å². The minimum atomic E-state index is 0.317. The van der Waals surface area contributed by atoms with Gasteiger partial charge in [0.1, 0.15) is 5.75 Å². The predicted molar refractivity (Wildman–Crippen MR) is 79.6 cm³/mol. The lowest BCUT2D eigenvalue weighted by Crippen LogP contribution is -1.90. The molecule has 0 saturated heterocycles. The van der Waals surface area contributed by atoms with Crippen LogP contribution in [0.3, 0.4) is 0 Å². The highest BCUT2D eigenvalue weighted by Gasteiger charge is 2.15. The van der Waals surface area contributed by atoms with Crippen molar-refractivity contribution in [1.29, 1.82) is 0 Å². The molecule has 3 heteroatoms. The zero-order valence-electron chi connectivity index (χ0n) is 11.1. The van der Waals surface area contributed by atoms with Crippen LogP contribution in [-0.4, -0.2) is 17.9 Å². The first kappa shape index (κ1) is 11.8. The molecule has 0 spiro atoms. The van der Waals surface area contributed by atoms with Gasteiger partial charge in [0, 0.05) is 30.4 Å². The number of benzene rings is 2. The summed E-state index contributed by atoms with van der Waals surface area (Å²) in [6, 6.07) is 11.8. The summed E-state index contributed by atoms with van der Waals surface area (Å²) < 4.78 is 0. The van der Waals surface area contributed by atoms with Crippen LogP contribution < -0.4 is 5.32 Å². The number of phenolic OH excluding ortho intramolecular Hbond substituents is 1. The fraction of sp³-hybridized carbons (Fsp3) is 0.188. The molecule has 2 aromatic carbocycles. The Hall–Kier alpha value is -2.29. The van der Waals surface area contributed by atoms with Gasteiger partial charge in [-0.25, -0.2) is 0 Å². The smallest absolute Gasteiger partial charge is 0.123 e. The Labute approximate surface area is 112 Å². The number of fused-ring (bicyclic) bond motifs is 1. The fourth-order valence-corrected chi connectivity index (χ4v) is 2.46. The second-order valence-electron chi connectivity index (χ2n) is 4.85. The van der Waals surface area contributed by atoms with Crippen molar-refractivity contribution in [3.63, 3.8) is 0 Å². The van der Waals surface area contributed by atoms with Gasteiger partial charge in [0.15, 0.2) is 0 Å².